The average Bonchev–Trinajstić information content (AvgIpc) is 2.44. The van der Waals surface area contributed by atoms with Gasteiger partial charge < -0.3 is 5.32 Å². The fraction of sp³-hybridized carbons (Fsp3) is 0.700. The highest BCUT2D eigenvalue weighted by atomic mass is 15.3. The lowest BCUT2D eigenvalue weighted by Gasteiger charge is -2.10. The second-order valence-electron chi connectivity index (χ2n) is 3.57. The molecule has 0 aliphatic rings. The van der Waals surface area contributed by atoms with Gasteiger partial charge in [-0.1, -0.05) is 6.92 Å². The van der Waals surface area contributed by atoms with E-state index in [0.717, 1.165) is 6.54 Å². The Morgan fingerprint density at radius 3 is 2.77 bits per heavy atom. The van der Waals surface area contributed by atoms with Gasteiger partial charge in [0.05, 0.1) is 6.20 Å². The maximum absolute atomic E-state index is 4.20. The molecule has 0 radical (unpaired) electrons. The summed E-state index contributed by atoms with van der Waals surface area (Å²) < 4.78 is 1.91. The predicted octanol–water partition coefficient (Wildman–Crippen LogP) is 1.62. The van der Waals surface area contributed by atoms with Crippen LogP contribution in [0.15, 0.2) is 6.20 Å². The molecular formula is C10H19N3. The first-order valence-corrected chi connectivity index (χ1v) is 4.86. The van der Waals surface area contributed by atoms with E-state index in [1.807, 2.05) is 17.9 Å². The van der Waals surface area contributed by atoms with Crippen molar-refractivity contribution < 1.29 is 0 Å². The minimum Gasteiger partial charge on any atom is -0.310 e. The van der Waals surface area contributed by atoms with E-state index in [4.69, 9.17) is 0 Å². The third-order valence-electron chi connectivity index (χ3n) is 2.59. The van der Waals surface area contributed by atoms with Gasteiger partial charge >= 0.3 is 0 Å². The molecule has 0 aromatic carbocycles. The van der Waals surface area contributed by atoms with Crippen molar-refractivity contribution in [3.8, 4) is 0 Å². The molecule has 74 valence electrons. The molecule has 0 saturated heterocycles. The van der Waals surface area contributed by atoms with Gasteiger partial charge in [-0.25, -0.2) is 0 Å². The van der Waals surface area contributed by atoms with Crippen LogP contribution >= 0.6 is 0 Å². The van der Waals surface area contributed by atoms with E-state index in [2.05, 4.69) is 31.2 Å². The molecule has 0 fully saturated rings. The lowest BCUT2D eigenvalue weighted by molar-refractivity contribution is 0.533. The molecule has 0 aliphatic heterocycles. The number of nitrogens with one attached hydrogen (secondary N) is 1. The quantitative estimate of drug-likeness (QED) is 0.765. The second-order valence-corrected chi connectivity index (χ2v) is 3.57. The minimum atomic E-state index is 0.583. The van der Waals surface area contributed by atoms with E-state index in [1.54, 1.807) is 0 Å². The summed E-state index contributed by atoms with van der Waals surface area (Å²) in [6, 6.07) is 0.583. The van der Waals surface area contributed by atoms with Crippen molar-refractivity contribution in [2.75, 3.05) is 0 Å². The van der Waals surface area contributed by atoms with Crippen LogP contribution in [0.3, 0.4) is 0 Å². The molecule has 0 spiro atoms. The summed E-state index contributed by atoms with van der Waals surface area (Å²) >= 11 is 0. The van der Waals surface area contributed by atoms with Crippen molar-refractivity contribution in [1.82, 2.24) is 15.1 Å². The topological polar surface area (TPSA) is 29.9 Å². The normalized spacial score (nSPS) is 13.2. The van der Waals surface area contributed by atoms with Gasteiger partial charge in [0.25, 0.3) is 0 Å². The van der Waals surface area contributed by atoms with Gasteiger partial charge in [0.15, 0.2) is 0 Å². The average molecular weight is 181 g/mol. The summed E-state index contributed by atoms with van der Waals surface area (Å²) in [4.78, 5) is 0. The van der Waals surface area contributed by atoms with Gasteiger partial charge in [-0.2, -0.15) is 5.10 Å². The Balaban J connectivity index is 2.50. The van der Waals surface area contributed by atoms with Crippen molar-refractivity contribution in [2.24, 2.45) is 7.05 Å². The van der Waals surface area contributed by atoms with Gasteiger partial charge in [-0.05, 0) is 20.3 Å². The highest BCUT2D eigenvalue weighted by Crippen LogP contribution is 2.05. The summed E-state index contributed by atoms with van der Waals surface area (Å²) in [5.74, 6) is 0. The van der Waals surface area contributed by atoms with Gasteiger partial charge in [0.1, 0.15) is 0 Å². The molecule has 1 aromatic rings. The molecular weight excluding hydrogens is 162 g/mol. The van der Waals surface area contributed by atoms with Crippen LogP contribution in [0.1, 0.15) is 31.5 Å². The molecule has 1 atom stereocenters. The molecule has 0 amide bonds. The molecule has 0 aliphatic carbocycles. The Morgan fingerprint density at radius 1 is 1.62 bits per heavy atom. The van der Waals surface area contributed by atoms with Crippen molar-refractivity contribution in [3.05, 3.63) is 17.5 Å². The first-order chi connectivity index (χ1) is 6.15. The smallest absolute Gasteiger partial charge is 0.0537 e. The summed E-state index contributed by atoms with van der Waals surface area (Å²) in [6.07, 6.45) is 3.10. The standard InChI is InChI=1S/C10H19N3/c1-5-8(2)11-6-10-7-12-13(4)9(10)3/h7-8,11H,5-6H2,1-4H3/t8-/m1/s1. The summed E-state index contributed by atoms with van der Waals surface area (Å²) in [7, 11) is 1.97. The molecule has 0 bridgehead atoms. The van der Waals surface area contributed by atoms with Crippen LogP contribution in [0.2, 0.25) is 0 Å². The molecule has 0 unspecified atom stereocenters. The third-order valence-corrected chi connectivity index (χ3v) is 2.59. The largest absolute Gasteiger partial charge is 0.310 e. The van der Waals surface area contributed by atoms with E-state index < -0.39 is 0 Å². The van der Waals surface area contributed by atoms with Crippen LogP contribution in [-0.4, -0.2) is 15.8 Å². The van der Waals surface area contributed by atoms with Crippen LogP contribution in [-0.2, 0) is 13.6 Å². The van der Waals surface area contributed by atoms with Crippen LogP contribution in [0, 0.1) is 6.92 Å². The molecule has 1 rings (SSSR count). The van der Waals surface area contributed by atoms with Crippen LogP contribution in [0.4, 0.5) is 0 Å². The highest BCUT2D eigenvalue weighted by Gasteiger charge is 2.04. The molecule has 1 aromatic heterocycles. The van der Waals surface area contributed by atoms with E-state index in [9.17, 15) is 0 Å². The van der Waals surface area contributed by atoms with Crippen molar-refractivity contribution in [2.45, 2.75) is 39.8 Å². The minimum absolute atomic E-state index is 0.583. The van der Waals surface area contributed by atoms with Gasteiger partial charge in [0.2, 0.25) is 0 Å². The van der Waals surface area contributed by atoms with E-state index in [-0.39, 0.29) is 0 Å². The van der Waals surface area contributed by atoms with Crippen LogP contribution in [0.25, 0.3) is 0 Å². The SMILES string of the molecule is CC[C@@H](C)NCc1cnn(C)c1C. The van der Waals surface area contributed by atoms with Crippen molar-refractivity contribution >= 4 is 0 Å². The Kier molecular flexibility index (Phi) is 3.48. The highest BCUT2D eigenvalue weighted by molar-refractivity contribution is 5.15. The van der Waals surface area contributed by atoms with E-state index in [1.165, 1.54) is 17.7 Å². The maximum atomic E-state index is 4.20. The zero-order valence-electron chi connectivity index (χ0n) is 8.96. The lowest BCUT2D eigenvalue weighted by atomic mass is 10.2. The fourth-order valence-electron chi connectivity index (χ4n) is 1.15. The zero-order chi connectivity index (χ0) is 9.84. The van der Waals surface area contributed by atoms with Crippen molar-refractivity contribution in [1.29, 1.82) is 0 Å². The number of aryl methyl sites for hydroxylation is 1. The Labute approximate surface area is 80.1 Å². The first kappa shape index (κ1) is 10.3. The van der Waals surface area contributed by atoms with Crippen LogP contribution in [0.5, 0.6) is 0 Å². The second kappa shape index (κ2) is 4.42. The van der Waals surface area contributed by atoms with E-state index in [0.29, 0.717) is 6.04 Å². The maximum Gasteiger partial charge on any atom is 0.0537 e. The number of hydrogen-bond donors (Lipinski definition) is 1. The Morgan fingerprint density at radius 2 is 2.31 bits per heavy atom. The number of nitrogens with zero attached hydrogens (tertiary/aromatic N) is 2. The summed E-state index contributed by atoms with van der Waals surface area (Å²) in [5, 5.41) is 7.65. The van der Waals surface area contributed by atoms with Gasteiger partial charge in [0, 0.05) is 30.9 Å². The molecule has 0 saturated carbocycles. The number of rotatable bonds is 4. The Hall–Kier alpha value is -0.830. The molecule has 1 N–H and O–H groups in total. The lowest BCUT2D eigenvalue weighted by Crippen LogP contribution is -2.24. The number of aromatic nitrogens is 2. The summed E-state index contributed by atoms with van der Waals surface area (Å²) in [5.41, 5.74) is 2.54. The Bertz CT molecular complexity index is 265. The third kappa shape index (κ3) is 2.56. The zero-order valence-corrected chi connectivity index (χ0v) is 8.96. The van der Waals surface area contributed by atoms with E-state index >= 15 is 0 Å². The van der Waals surface area contributed by atoms with Gasteiger partial charge in [-0.3, -0.25) is 4.68 Å². The molecule has 1 heterocycles. The molecule has 13 heavy (non-hydrogen) atoms. The van der Waals surface area contributed by atoms with Gasteiger partial charge in [-0.15, -0.1) is 0 Å². The molecule has 3 heteroatoms. The predicted molar refractivity (Wildman–Crippen MR) is 54.5 cm³/mol. The van der Waals surface area contributed by atoms with Crippen molar-refractivity contribution in [3.63, 3.8) is 0 Å². The van der Waals surface area contributed by atoms with Crippen LogP contribution < -0.4 is 5.32 Å². The first-order valence-electron chi connectivity index (χ1n) is 4.86. The molecule has 3 nitrogen and oxygen atoms in total. The fourth-order valence-corrected chi connectivity index (χ4v) is 1.15. The summed E-state index contributed by atoms with van der Waals surface area (Å²) in [6.45, 7) is 7.41. The number of hydrogen-bond acceptors (Lipinski definition) is 2. The monoisotopic (exact) mass is 181 g/mol.